The van der Waals surface area contributed by atoms with Crippen molar-refractivity contribution in [2.45, 2.75) is 45.1 Å². The summed E-state index contributed by atoms with van der Waals surface area (Å²) in [6, 6.07) is 11.4. The highest BCUT2D eigenvalue weighted by molar-refractivity contribution is 6.33. The van der Waals surface area contributed by atoms with E-state index in [1.54, 1.807) is 42.2 Å². The van der Waals surface area contributed by atoms with Crippen LogP contribution in [0.15, 0.2) is 55.1 Å². The highest BCUT2D eigenvalue weighted by Crippen LogP contribution is 2.32. The Kier molecular flexibility index (Phi) is 8.17. The van der Waals surface area contributed by atoms with E-state index in [1.807, 2.05) is 25.1 Å². The lowest BCUT2D eigenvalue weighted by Gasteiger charge is -2.40. The third-order valence-electron chi connectivity index (χ3n) is 7.29. The first kappa shape index (κ1) is 28.1. The maximum absolute atomic E-state index is 12.8. The van der Waals surface area contributed by atoms with Crippen molar-refractivity contribution in [3.63, 3.8) is 0 Å². The van der Waals surface area contributed by atoms with Crippen LogP contribution < -0.4 is 15.0 Å². The van der Waals surface area contributed by atoms with Crippen molar-refractivity contribution in [3.05, 3.63) is 71.4 Å². The molecular formula is C30H30ClN7O3. The number of hydrogen-bond acceptors (Lipinski definition) is 8. The molecule has 0 spiro atoms. The zero-order valence-corrected chi connectivity index (χ0v) is 23.7. The van der Waals surface area contributed by atoms with Gasteiger partial charge in [-0.15, -0.1) is 0 Å². The molecule has 5 rings (SSSR count). The molecule has 1 saturated heterocycles. The van der Waals surface area contributed by atoms with Gasteiger partial charge in [0.25, 0.3) is 5.91 Å². The molecule has 1 amide bonds. The van der Waals surface area contributed by atoms with Crippen molar-refractivity contribution in [1.82, 2.24) is 24.9 Å². The number of ketones is 1. The van der Waals surface area contributed by atoms with Crippen LogP contribution in [0.1, 0.15) is 55.6 Å². The van der Waals surface area contributed by atoms with Crippen LogP contribution in [0, 0.1) is 11.3 Å². The number of hydrogen-bond donors (Lipinski definition) is 1. The van der Waals surface area contributed by atoms with Crippen LogP contribution in [-0.2, 0) is 4.79 Å². The van der Waals surface area contributed by atoms with Crippen molar-refractivity contribution in [3.8, 4) is 22.9 Å². The minimum absolute atomic E-state index is 0.124. The fraction of sp³-hybridized carbons (Fsp3) is 0.333. The Balaban J connectivity index is 1.29. The van der Waals surface area contributed by atoms with Gasteiger partial charge in [0.1, 0.15) is 29.1 Å². The third-order valence-corrected chi connectivity index (χ3v) is 7.59. The van der Waals surface area contributed by atoms with Gasteiger partial charge in [-0.1, -0.05) is 11.6 Å². The van der Waals surface area contributed by atoms with E-state index in [9.17, 15) is 14.9 Å². The number of nitrogens with one attached hydrogen (secondary N) is 1. The zero-order valence-electron chi connectivity index (χ0n) is 22.9. The summed E-state index contributed by atoms with van der Waals surface area (Å²) in [4.78, 5) is 35.1. The van der Waals surface area contributed by atoms with Gasteiger partial charge in [-0.05, 0) is 63.4 Å². The molecule has 1 aliphatic heterocycles. The Hall–Kier alpha value is -4.49. The molecule has 10 nitrogen and oxygen atoms in total. The van der Waals surface area contributed by atoms with Crippen LogP contribution >= 0.6 is 11.6 Å². The largest absolute Gasteiger partial charge is 0.492 e. The number of amides is 1. The first-order valence-electron chi connectivity index (χ1n) is 13.4. The second-order valence-corrected chi connectivity index (χ2v) is 10.9. The van der Waals surface area contributed by atoms with Gasteiger partial charge in [-0.3, -0.25) is 4.79 Å². The van der Waals surface area contributed by atoms with E-state index in [-0.39, 0.29) is 22.9 Å². The molecule has 41 heavy (non-hydrogen) atoms. The van der Waals surface area contributed by atoms with Gasteiger partial charge in [0.15, 0.2) is 0 Å². The van der Waals surface area contributed by atoms with Crippen molar-refractivity contribution in [1.29, 1.82) is 5.26 Å². The van der Waals surface area contributed by atoms with Crippen molar-refractivity contribution in [2.75, 3.05) is 24.6 Å². The molecule has 210 valence electrons. The Morgan fingerprint density at radius 2 is 2.00 bits per heavy atom. The summed E-state index contributed by atoms with van der Waals surface area (Å²) in [7, 11) is 0. The predicted octanol–water partition coefficient (Wildman–Crippen LogP) is 4.85. The monoisotopic (exact) mass is 571 g/mol. The number of anilines is 1. The lowest BCUT2D eigenvalue weighted by Crippen LogP contribution is -2.53. The number of carbonyl (C=O) groups excluding carboxylic acids is 2. The minimum Gasteiger partial charge on any atom is -0.492 e. The van der Waals surface area contributed by atoms with Crippen LogP contribution in [0.25, 0.3) is 16.6 Å². The number of rotatable bonds is 9. The molecule has 1 fully saturated rings. The smallest absolute Gasteiger partial charge is 0.271 e. The Bertz CT molecular complexity index is 1620. The summed E-state index contributed by atoms with van der Waals surface area (Å²) in [6.07, 6.45) is 9.16. The van der Waals surface area contributed by atoms with Crippen LogP contribution in [0.3, 0.4) is 0 Å². The molecule has 0 radical (unpaired) electrons. The molecule has 11 heteroatoms. The highest BCUT2D eigenvalue weighted by atomic mass is 35.5. The van der Waals surface area contributed by atoms with Gasteiger partial charge in [0.2, 0.25) is 0 Å². The molecule has 0 atom stereocenters. The van der Waals surface area contributed by atoms with Crippen molar-refractivity contribution < 1.29 is 14.3 Å². The summed E-state index contributed by atoms with van der Waals surface area (Å²) in [5, 5.41) is 17.4. The number of halogens is 1. The first-order chi connectivity index (χ1) is 19.8. The Labute approximate surface area is 242 Å². The zero-order chi connectivity index (χ0) is 29.0. The Morgan fingerprint density at radius 3 is 2.68 bits per heavy atom. The standard InChI is InChI=1S/C30H30ClN7O3/c1-20(39)5-4-14-41-23-15-24(28-22(16-32)18-35-38(28)19-23)21-7-8-26(34-17-21)37-12-9-30(2,10-13-37)36-29(40)27-25(31)6-3-11-33-27/h3,6-8,11,15,17-19H,4-5,9-10,12-14H2,1-2H3,(H,36,40). The average Bonchev–Trinajstić information content (AvgIpc) is 3.38. The molecule has 0 unspecified atom stereocenters. The van der Waals surface area contributed by atoms with E-state index >= 15 is 0 Å². The number of pyridine rings is 3. The number of Topliss-reactive ketones (excluding diaryl/α,β-unsaturated/α-hetero) is 1. The quantitative estimate of drug-likeness (QED) is 0.282. The van der Waals surface area contributed by atoms with Crippen molar-refractivity contribution in [2.24, 2.45) is 0 Å². The van der Waals surface area contributed by atoms with E-state index in [2.05, 4.69) is 26.4 Å². The molecule has 0 aliphatic carbocycles. The summed E-state index contributed by atoms with van der Waals surface area (Å²) >= 11 is 6.15. The minimum atomic E-state index is -0.388. The highest BCUT2D eigenvalue weighted by Gasteiger charge is 2.33. The van der Waals surface area contributed by atoms with Crippen molar-refractivity contribution >= 4 is 34.6 Å². The number of ether oxygens (including phenoxy) is 1. The van der Waals surface area contributed by atoms with E-state index in [4.69, 9.17) is 21.3 Å². The molecule has 1 aliphatic rings. The fourth-order valence-electron chi connectivity index (χ4n) is 4.96. The number of fused-ring (bicyclic) bond motifs is 1. The SMILES string of the molecule is CC(=O)CCCOc1cc(-c2ccc(N3CCC(C)(NC(=O)c4ncccc4Cl)CC3)nc2)c2c(C#N)cnn2c1. The van der Waals surface area contributed by atoms with Gasteiger partial charge < -0.3 is 19.7 Å². The van der Waals surface area contributed by atoms with E-state index in [1.165, 1.54) is 6.20 Å². The van der Waals surface area contributed by atoms with Gasteiger partial charge in [0.05, 0.1) is 35.1 Å². The number of nitriles is 1. The summed E-state index contributed by atoms with van der Waals surface area (Å²) < 4.78 is 7.54. The predicted molar refractivity (Wildman–Crippen MR) is 155 cm³/mol. The Morgan fingerprint density at radius 1 is 1.20 bits per heavy atom. The van der Waals surface area contributed by atoms with E-state index < -0.39 is 0 Å². The van der Waals surface area contributed by atoms with Crippen LogP contribution in [0.2, 0.25) is 5.02 Å². The van der Waals surface area contributed by atoms with Gasteiger partial charge in [0, 0.05) is 48.6 Å². The lowest BCUT2D eigenvalue weighted by atomic mass is 9.89. The maximum atomic E-state index is 12.8. The van der Waals surface area contributed by atoms with E-state index in [0.717, 1.165) is 29.8 Å². The molecule has 5 heterocycles. The van der Waals surface area contributed by atoms with Crippen LogP contribution in [0.5, 0.6) is 5.75 Å². The van der Waals surface area contributed by atoms with Gasteiger partial charge in [-0.2, -0.15) is 10.4 Å². The molecular weight excluding hydrogens is 542 g/mol. The molecule has 1 N–H and O–H groups in total. The normalized spacial score (nSPS) is 14.4. The summed E-state index contributed by atoms with van der Waals surface area (Å²) in [5.74, 6) is 1.27. The molecule has 0 aromatic carbocycles. The number of aromatic nitrogens is 4. The van der Waals surface area contributed by atoms with Crippen LogP contribution in [0.4, 0.5) is 5.82 Å². The summed E-state index contributed by atoms with van der Waals surface area (Å²) in [5.41, 5.74) is 2.58. The maximum Gasteiger partial charge on any atom is 0.271 e. The number of carbonyl (C=O) groups is 2. The van der Waals surface area contributed by atoms with Gasteiger partial charge >= 0.3 is 0 Å². The molecule has 4 aromatic rings. The summed E-state index contributed by atoms with van der Waals surface area (Å²) in [6.45, 7) is 5.43. The van der Waals surface area contributed by atoms with E-state index in [0.29, 0.717) is 54.4 Å². The number of piperidine rings is 1. The lowest BCUT2D eigenvalue weighted by molar-refractivity contribution is -0.117. The topological polar surface area (TPSA) is 126 Å². The fourth-order valence-corrected chi connectivity index (χ4v) is 5.17. The first-order valence-corrected chi connectivity index (χ1v) is 13.8. The van der Waals surface area contributed by atoms with Crippen LogP contribution in [-0.4, -0.2) is 56.5 Å². The second kappa shape index (κ2) is 11.9. The van der Waals surface area contributed by atoms with Gasteiger partial charge in [-0.25, -0.2) is 14.5 Å². The molecule has 0 bridgehead atoms. The molecule has 0 saturated carbocycles. The average molecular weight is 572 g/mol. The third kappa shape index (κ3) is 6.31. The molecule has 4 aromatic heterocycles. The second-order valence-electron chi connectivity index (χ2n) is 10.4. The number of nitrogens with zero attached hydrogens (tertiary/aromatic N) is 6.